The number of carboxylic acids is 2. The van der Waals surface area contributed by atoms with Crippen molar-refractivity contribution in [2.75, 3.05) is 6.61 Å². The maximum Gasteiger partial charge on any atom is 0.309 e. The highest BCUT2D eigenvalue weighted by atomic mass is 32.1. The molecule has 1 aromatic heterocycles. The lowest BCUT2D eigenvalue weighted by molar-refractivity contribution is -0.145. The molecule has 39 heavy (non-hydrogen) atoms. The van der Waals surface area contributed by atoms with Gasteiger partial charge in [-0.2, -0.15) is 12.6 Å². The van der Waals surface area contributed by atoms with Crippen molar-refractivity contribution in [3.8, 4) is 0 Å². The van der Waals surface area contributed by atoms with Gasteiger partial charge < -0.3 is 30.3 Å². The Labute approximate surface area is 232 Å². The fourth-order valence-electron chi connectivity index (χ4n) is 5.81. The van der Waals surface area contributed by atoms with E-state index in [0.717, 1.165) is 5.56 Å². The second-order valence-corrected chi connectivity index (χ2v) is 10.7. The Morgan fingerprint density at radius 2 is 1.95 bits per heavy atom. The summed E-state index contributed by atoms with van der Waals surface area (Å²) in [6.45, 7) is 4.19. The topological polar surface area (TPSA) is 173 Å². The van der Waals surface area contributed by atoms with E-state index in [2.05, 4.69) is 5.16 Å². The van der Waals surface area contributed by atoms with Crippen LogP contribution in [0.1, 0.15) is 72.0 Å². The fourth-order valence-corrected chi connectivity index (χ4v) is 6.41. The molecular weight excluding hydrogens is 524 g/mol. The van der Waals surface area contributed by atoms with Crippen molar-refractivity contribution in [1.82, 2.24) is 0 Å². The Bertz CT molecular complexity index is 1230. The van der Waals surface area contributed by atoms with E-state index in [1.807, 2.05) is 13.0 Å². The summed E-state index contributed by atoms with van der Waals surface area (Å²) in [4.78, 5) is 34.9. The van der Waals surface area contributed by atoms with Crippen molar-refractivity contribution >= 4 is 36.2 Å². The molecule has 2 unspecified atom stereocenters. The number of aliphatic carboxylic acids is 2. The SMILES string of the molecule is CCC(Cc1cc(C)c(/C(CC(=O)O)=N\O)o1)[C@@]1([C@@H](CCc2cccc(C(N)=O)c2)CC(=O)O)OCCC1S. The van der Waals surface area contributed by atoms with E-state index >= 15 is 0 Å². The molecule has 2 heterocycles. The van der Waals surface area contributed by atoms with Crippen LogP contribution in [0.4, 0.5) is 0 Å². The zero-order valence-corrected chi connectivity index (χ0v) is 23.0. The molecule has 4 atom stereocenters. The van der Waals surface area contributed by atoms with Gasteiger partial charge in [-0.15, -0.1) is 0 Å². The molecular formula is C28H36N2O8S. The number of oxime groups is 1. The van der Waals surface area contributed by atoms with Crippen molar-refractivity contribution < 1.29 is 39.0 Å². The lowest BCUT2D eigenvalue weighted by atomic mass is 9.68. The second kappa shape index (κ2) is 13.2. The summed E-state index contributed by atoms with van der Waals surface area (Å²) in [7, 11) is 0. The Kier molecular flexibility index (Phi) is 10.2. The number of aryl methyl sites for hydroxylation is 2. The van der Waals surface area contributed by atoms with E-state index in [4.69, 9.17) is 32.6 Å². The van der Waals surface area contributed by atoms with Gasteiger partial charge in [-0.25, -0.2) is 0 Å². The number of carboxylic acid groups (broad SMARTS) is 2. The maximum absolute atomic E-state index is 12.0. The van der Waals surface area contributed by atoms with Gasteiger partial charge >= 0.3 is 11.9 Å². The smallest absolute Gasteiger partial charge is 0.309 e. The van der Waals surface area contributed by atoms with Gasteiger partial charge in [0, 0.05) is 29.8 Å². The van der Waals surface area contributed by atoms with E-state index < -0.39 is 29.9 Å². The van der Waals surface area contributed by atoms with E-state index in [9.17, 15) is 24.7 Å². The van der Waals surface area contributed by atoms with Crippen LogP contribution in [0.3, 0.4) is 0 Å². The maximum atomic E-state index is 12.0. The van der Waals surface area contributed by atoms with Crippen molar-refractivity contribution in [2.45, 2.75) is 69.6 Å². The zero-order valence-electron chi connectivity index (χ0n) is 22.1. The van der Waals surface area contributed by atoms with Crippen LogP contribution in [0.25, 0.3) is 0 Å². The summed E-state index contributed by atoms with van der Waals surface area (Å²) in [5.74, 6) is -2.42. The number of amides is 1. The molecule has 5 N–H and O–H groups in total. The van der Waals surface area contributed by atoms with Crippen LogP contribution in [0.15, 0.2) is 39.9 Å². The van der Waals surface area contributed by atoms with E-state index in [1.54, 1.807) is 31.2 Å². The highest BCUT2D eigenvalue weighted by Gasteiger charge is 2.53. The standard InChI is InChI=1S/C28H36N2O8S/c1-3-19(13-21-11-16(2)26(38-21)22(30-36)15-25(33)34)28(23(39)9-10-37-28)20(14-24(31)32)8-7-17-5-4-6-18(12-17)27(29)35/h4-6,11-12,19-20,23,36,39H,3,7-10,13-15H2,1-2H3,(H2,29,35)(H,31,32)(H,33,34)/b30-22-/t19?,20-,23?,28-/m0/s1. The summed E-state index contributed by atoms with van der Waals surface area (Å²) in [6, 6.07) is 8.78. The molecule has 0 bridgehead atoms. The Balaban J connectivity index is 1.94. The molecule has 1 amide bonds. The minimum atomic E-state index is -1.15. The molecule has 11 heteroatoms. The molecule has 0 saturated carbocycles. The molecule has 1 aromatic carbocycles. The van der Waals surface area contributed by atoms with Gasteiger partial charge in [-0.3, -0.25) is 14.4 Å². The quantitative estimate of drug-likeness (QED) is 0.0994. The number of carbonyl (C=O) groups is 3. The molecule has 1 aliphatic heterocycles. The molecule has 0 spiro atoms. The van der Waals surface area contributed by atoms with Crippen LogP contribution in [0, 0.1) is 18.8 Å². The molecule has 212 valence electrons. The van der Waals surface area contributed by atoms with Crippen molar-refractivity contribution in [2.24, 2.45) is 22.7 Å². The monoisotopic (exact) mass is 560 g/mol. The van der Waals surface area contributed by atoms with Gasteiger partial charge in [0.1, 0.15) is 11.5 Å². The number of thiol groups is 1. The molecule has 3 rings (SSSR count). The number of carbonyl (C=O) groups excluding carboxylic acids is 1. The van der Waals surface area contributed by atoms with Gasteiger partial charge in [0.2, 0.25) is 5.91 Å². The van der Waals surface area contributed by atoms with Crippen LogP contribution < -0.4 is 5.73 Å². The predicted molar refractivity (Wildman–Crippen MR) is 147 cm³/mol. The van der Waals surface area contributed by atoms with Crippen LogP contribution in [-0.4, -0.2) is 56.4 Å². The van der Waals surface area contributed by atoms with Gasteiger partial charge in [0.15, 0.2) is 5.76 Å². The lowest BCUT2D eigenvalue weighted by Gasteiger charge is -2.45. The first kappa shape index (κ1) is 30.2. The van der Waals surface area contributed by atoms with Crippen LogP contribution in [-0.2, 0) is 27.2 Å². The number of hydrogen-bond acceptors (Lipinski definition) is 8. The molecule has 1 saturated heterocycles. The third kappa shape index (κ3) is 7.02. The number of primary amides is 1. The van der Waals surface area contributed by atoms with Crippen molar-refractivity contribution in [3.63, 3.8) is 0 Å². The summed E-state index contributed by atoms with van der Waals surface area (Å²) in [5.41, 5.74) is 6.38. The van der Waals surface area contributed by atoms with Gasteiger partial charge in [0.05, 0.1) is 18.4 Å². The largest absolute Gasteiger partial charge is 0.481 e. The van der Waals surface area contributed by atoms with Crippen LogP contribution in [0.5, 0.6) is 0 Å². The predicted octanol–water partition coefficient (Wildman–Crippen LogP) is 4.09. The zero-order chi connectivity index (χ0) is 28.7. The molecule has 10 nitrogen and oxygen atoms in total. The minimum Gasteiger partial charge on any atom is -0.481 e. The van der Waals surface area contributed by atoms with E-state index in [-0.39, 0.29) is 35.0 Å². The summed E-state index contributed by atoms with van der Waals surface area (Å²) in [6.07, 6.45) is 2.11. The van der Waals surface area contributed by atoms with Gasteiger partial charge in [-0.1, -0.05) is 30.6 Å². The average molecular weight is 561 g/mol. The number of rotatable bonds is 14. The van der Waals surface area contributed by atoms with Crippen LogP contribution >= 0.6 is 12.6 Å². The summed E-state index contributed by atoms with van der Waals surface area (Å²) < 4.78 is 12.4. The third-order valence-corrected chi connectivity index (χ3v) is 8.23. The average Bonchev–Trinajstić information content (AvgIpc) is 3.45. The molecule has 1 aliphatic rings. The number of nitrogens with zero attached hydrogens (tertiary/aromatic N) is 1. The second-order valence-electron chi connectivity index (χ2n) is 10.1. The number of nitrogens with two attached hydrogens (primary N) is 1. The lowest BCUT2D eigenvalue weighted by Crippen LogP contribution is -2.52. The van der Waals surface area contributed by atoms with Gasteiger partial charge in [0.25, 0.3) is 0 Å². The van der Waals surface area contributed by atoms with E-state index in [1.165, 1.54) is 0 Å². The third-order valence-electron chi connectivity index (χ3n) is 7.56. The normalized spacial score (nSPS) is 21.0. The van der Waals surface area contributed by atoms with Crippen molar-refractivity contribution in [3.05, 3.63) is 58.5 Å². The first-order valence-corrected chi connectivity index (χ1v) is 13.5. The first-order chi connectivity index (χ1) is 18.5. The van der Waals surface area contributed by atoms with Gasteiger partial charge in [-0.05, 0) is 61.4 Å². The Morgan fingerprint density at radius 3 is 2.51 bits per heavy atom. The fraction of sp³-hybridized carbons (Fsp3) is 0.500. The van der Waals surface area contributed by atoms with Crippen LogP contribution in [0.2, 0.25) is 0 Å². The molecule has 0 radical (unpaired) electrons. The number of furan rings is 1. The first-order valence-electron chi connectivity index (χ1n) is 13.0. The number of ether oxygens (including phenoxy) is 1. The molecule has 1 fully saturated rings. The highest BCUT2D eigenvalue weighted by Crippen LogP contribution is 2.48. The highest BCUT2D eigenvalue weighted by molar-refractivity contribution is 7.81. The Morgan fingerprint density at radius 1 is 1.21 bits per heavy atom. The summed E-state index contributed by atoms with van der Waals surface area (Å²) in [5, 5.41) is 31.2. The van der Waals surface area contributed by atoms with E-state index in [0.29, 0.717) is 55.6 Å². The summed E-state index contributed by atoms with van der Waals surface area (Å²) >= 11 is 4.90. The van der Waals surface area contributed by atoms with Crippen molar-refractivity contribution in [1.29, 1.82) is 0 Å². The Hall–Kier alpha value is -3.31. The number of hydrogen-bond donors (Lipinski definition) is 5. The molecule has 2 aromatic rings. The number of benzene rings is 1. The molecule has 0 aliphatic carbocycles. The minimum absolute atomic E-state index is 0.0832.